The van der Waals surface area contributed by atoms with E-state index in [4.69, 9.17) is 0 Å². The molecular formula is C19H22N4O2. The van der Waals surface area contributed by atoms with Gasteiger partial charge in [-0.2, -0.15) is 0 Å². The Morgan fingerprint density at radius 1 is 1.08 bits per heavy atom. The Hall–Kier alpha value is -2.89. The molecule has 0 saturated heterocycles. The summed E-state index contributed by atoms with van der Waals surface area (Å²) in [4.78, 5) is 30.4. The second-order valence-electron chi connectivity index (χ2n) is 5.96. The number of carbonyl (C=O) groups excluding carboxylic acids is 2. The van der Waals surface area contributed by atoms with E-state index < -0.39 is 0 Å². The Bertz CT molecular complexity index is 733. The molecule has 1 aromatic carbocycles. The van der Waals surface area contributed by atoms with Crippen molar-refractivity contribution in [2.24, 2.45) is 0 Å². The van der Waals surface area contributed by atoms with Crippen molar-refractivity contribution in [2.45, 2.75) is 25.8 Å². The number of fused-ring (bicyclic) bond motifs is 1. The number of hydrogen-bond acceptors (Lipinski definition) is 3. The van der Waals surface area contributed by atoms with Crippen LogP contribution in [-0.2, 0) is 17.8 Å². The van der Waals surface area contributed by atoms with Crippen molar-refractivity contribution < 1.29 is 9.59 Å². The van der Waals surface area contributed by atoms with E-state index in [1.807, 2.05) is 42.5 Å². The van der Waals surface area contributed by atoms with Gasteiger partial charge in [0.1, 0.15) is 0 Å². The van der Waals surface area contributed by atoms with Crippen molar-refractivity contribution in [3.8, 4) is 0 Å². The average Bonchev–Trinajstić information content (AvgIpc) is 2.66. The number of anilines is 1. The molecule has 6 nitrogen and oxygen atoms in total. The van der Waals surface area contributed by atoms with Gasteiger partial charge in [-0.05, 0) is 30.5 Å². The van der Waals surface area contributed by atoms with Gasteiger partial charge in [0.2, 0.25) is 5.91 Å². The number of nitrogens with zero attached hydrogens (tertiary/aromatic N) is 2. The smallest absolute Gasteiger partial charge is 0.315 e. The number of aromatic nitrogens is 1. The van der Waals surface area contributed by atoms with E-state index in [0.717, 1.165) is 29.8 Å². The van der Waals surface area contributed by atoms with Gasteiger partial charge in [0, 0.05) is 32.3 Å². The van der Waals surface area contributed by atoms with Gasteiger partial charge in [-0.1, -0.05) is 30.3 Å². The predicted octanol–water partition coefficient (Wildman–Crippen LogP) is 2.25. The molecule has 25 heavy (non-hydrogen) atoms. The molecule has 130 valence electrons. The normalized spacial score (nSPS) is 13.0. The van der Waals surface area contributed by atoms with Crippen LogP contribution in [0.15, 0.2) is 48.7 Å². The number of amides is 3. The van der Waals surface area contributed by atoms with E-state index in [0.29, 0.717) is 19.6 Å². The standard InChI is InChI=1S/C19H22N4O2/c24-18(23-13-5-8-16-17(23)9-4-11-20-16)10-12-21-19(25)22-14-15-6-2-1-3-7-15/h1-4,6-7,9,11H,5,8,10,12-14H2,(H2,21,22,25). The highest BCUT2D eigenvalue weighted by Crippen LogP contribution is 2.25. The quantitative estimate of drug-likeness (QED) is 0.878. The van der Waals surface area contributed by atoms with Gasteiger partial charge in [0.15, 0.2) is 0 Å². The summed E-state index contributed by atoms with van der Waals surface area (Å²) in [5.41, 5.74) is 2.90. The first-order valence-corrected chi connectivity index (χ1v) is 8.54. The molecule has 2 aromatic rings. The lowest BCUT2D eigenvalue weighted by molar-refractivity contribution is -0.118. The van der Waals surface area contributed by atoms with Gasteiger partial charge in [0.05, 0.1) is 11.4 Å². The average molecular weight is 338 g/mol. The van der Waals surface area contributed by atoms with Gasteiger partial charge in [0.25, 0.3) is 0 Å². The molecule has 0 bridgehead atoms. The van der Waals surface area contributed by atoms with E-state index in [2.05, 4.69) is 15.6 Å². The fourth-order valence-electron chi connectivity index (χ4n) is 2.91. The first kappa shape index (κ1) is 17.0. The van der Waals surface area contributed by atoms with Crippen LogP contribution >= 0.6 is 0 Å². The first-order chi connectivity index (χ1) is 12.2. The maximum absolute atomic E-state index is 12.4. The topological polar surface area (TPSA) is 74.3 Å². The van der Waals surface area contributed by atoms with E-state index in [-0.39, 0.29) is 18.4 Å². The SMILES string of the molecule is O=C(NCCC(=O)N1CCCc2ncccc21)NCc1ccccc1. The Morgan fingerprint density at radius 2 is 1.92 bits per heavy atom. The fourth-order valence-corrected chi connectivity index (χ4v) is 2.91. The molecule has 0 spiro atoms. The summed E-state index contributed by atoms with van der Waals surface area (Å²) >= 11 is 0. The summed E-state index contributed by atoms with van der Waals surface area (Å²) in [7, 11) is 0. The van der Waals surface area contributed by atoms with Crippen LogP contribution in [-0.4, -0.2) is 30.0 Å². The molecule has 1 aliphatic rings. The summed E-state index contributed by atoms with van der Waals surface area (Å²) in [6.45, 7) is 1.48. The lowest BCUT2D eigenvalue weighted by Crippen LogP contribution is -2.40. The van der Waals surface area contributed by atoms with Crippen molar-refractivity contribution in [1.82, 2.24) is 15.6 Å². The molecule has 0 saturated carbocycles. The van der Waals surface area contributed by atoms with Crippen LogP contribution in [0, 0.1) is 0 Å². The number of nitrogens with one attached hydrogen (secondary N) is 2. The van der Waals surface area contributed by atoms with Crippen LogP contribution in [0.3, 0.4) is 0 Å². The van der Waals surface area contributed by atoms with Gasteiger partial charge in [-0.3, -0.25) is 9.78 Å². The summed E-state index contributed by atoms with van der Waals surface area (Å²) in [6, 6.07) is 13.2. The second-order valence-corrected chi connectivity index (χ2v) is 5.96. The van der Waals surface area contributed by atoms with Crippen LogP contribution < -0.4 is 15.5 Å². The van der Waals surface area contributed by atoms with Crippen LogP contribution in [0.4, 0.5) is 10.5 Å². The number of benzene rings is 1. The minimum atomic E-state index is -0.266. The first-order valence-electron chi connectivity index (χ1n) is 8.54. The van der Waals surface area contributed by atoms with E-state index >= 15 is 0 Å². The van der Waals surface area contributed by atoms with Crippen LogP contribution in [0.5, 0.6) is 0 Å². The van der Waals surface area contributed by atoms with Crippen molar-refractivity contribution in [1.29, 1.82) is 0 Å². The van der Waals surface area contributed by atoms with Crippen LogP contribution in [0.25, 0.3) is 0 Å². The number of aryl methyl sites for hydroxylation is 1. The largest absolute Gasteiger partial charge is 0.338 e. The second kappa shape index (κ2) is 8.28. The van der Waals surface area contributed by atoms with Crippen LogP contribution in [0.2, 0.25) is 0 Å². The monoisotopic (exact) mass is 338 g/mol. The third-order valence-corrected chi connectivity index (χ3v) is 4.17. The Morgan fingerprint density at radius 3 is 2.76 bits per heavy atom. The fraction of sp³-hybridized carbons (Fsp3) is 0.316. The maximum Gasteiger partial charge on any atom is 0.315 e. The minimum Gasteiger partial charge on any atom is -0.338 e. The lowest BCUT2D eigenvalue weighted by Gasteiger charge is -2.28. The van der Waals surface area contributed by atoms with E-state index in [1.165, 1.54) is 0 Å². The van der Waals surface area contributed by atoms with Crippen molar-refractivity contribution >= 4 is 17.6 Å². The highest BCUT2D eigenvalue weighted by Gasteiger charge is 2.22. The molecule has 3 rings (SSSR count). The molecule has 6 heteroatoms. The lowest BCUT2D eigenvalue weighted by atomic mass is 10.1. The van der Waals surface area contributed by atoms with Gasteiger partial charge in [-0.15, -0.1) is 0 Å². The summed E-state index contributed by atoms with van der Waals surface area (Å²) in [5, 5.41) is 5.52. The molecular weight excluding hydrogens is 316 g/mol. The molecule has 2 N–H and O–H groups in total. The van der Waals surface area contributed by atoms with Gasteiger partial charge >= 0.3 is 6.03 Å². The minimum absolute atomic E-state index is 0.0114. The summed E-state index contributed by atoms with van der Waals surface area (Å²) in [5.74, 6) is 0.0114. The van der Waals surface area contributed by atoms with Gasteiger partial charge in [-0.25, -0.2) is 4.79 Å². The highest BCUT2D eigenvalue weighted by atomic mass is 16.2. The maximum atomic E-state index is 12.4. The number of urea groups is 1. The Labute approximate surface area is 147 Å². The molecule has 2 heterocycles. The zero-order chi connectivity index (χ0) is 17.5. The number of carbonyl (C=O) groups is 2. The highest BCUT2D eigenvalue weighted by molar-refractivity contribution is 5.94. The number of rotatable bonds is 5. The predicted molar refractivity (Wildman–Crippen MR) is 96.2 cm³/mol. The van der Waals surface area contributed by atoms with Crippen molar-refractivity contribution in [2.75, 3.05) is 18.0 Å². The summed E-state index contributed by atoms with van der Waals surface area (Å²) < 4.78 is 0. The third-order valence-electron chi connectivity index (χ3n) is 4.17. The zero-order valence-electron chi connectivity index (χ0n) is 14.1. The Kier molecular flexibility index (Phi) is 5.61. The molecule has 1 aliphatic heterocycles. The van der Waals surface area contributed by atoms with Crippen LogP contribution in [0.1, 0.15) is 24.1 Å². The van der Waals surface area contributed by atoms with Crippen molar-refractivity contribution in [3.05, 3.63) is 59.9 Å². The van der Waals surface area contributed by atoms with E-state index in [9.17, 15) is 9.59 Å². The summed E-state index contributed by atoms with van der Waals surface area (Å²) in [6.07, 6.45) is 3.85. The molecule has 0 fully saturated rings. The number of hydrogen-bond donors (Lipinski definition) is 2. The third kappa shape index (κ3) is 4.56. The molecule has 0 aliphatic carbocycles. The molecule has 1 aromatic heterocycles. The number of pyridine rings is 1. The van der Waals surface area contributed by atoms with Crippen molar-refractivity contribution in [3.63, 3.8) is 0 Å². The molecule has 0 radical (unpaired) electrons. The molecule has 3 amide bonds. The Balaban J connectivity index is 1.43. The molecule has 0 unspecified atom stereocenters. The molecule has 0 atom stereocenters. The van der Waals surface area contributed by atoms with E-state index in [1.54, 1.807) is 11.1 Å². The zero-order valence-corrected chi connectivity index (χ0v) is 14.1. The van der Waals surface area contributed by atoms with Gasteiger partial charge < -0.3 is 15.5 Å².